The molecule has 29 heavy (non-hydrogen) atoms. The number of likely N-dealkylation sites (tertiary alicyclic amines) is 1. The van der Waals surface area contributed by atoms with Crippen LogP contribution in [-0.2, 0) is 16.8 Å². The van der Waals surface area contributed by atoms with Gasteiger partial charge in [-0.05, 0) is 41.8 Å². The number of aromatic nitrogens is 1. The smallest absolute Gasteiger partial charge is 0.255 e. The van der Waals surface area contributed by atoms with Crippen molar-refractivity contribution in [3.05, 3.63) is 89.5 Å². The Morgan fingerprint density at radius 2 is 2.00 bits per heavy atom. The minimum absolute atomic E-state index is 0.0210. The van der Waals surface area contributed by atoms with E-state index in [-0.39, 0.29) is 17.6 Å². The van der Waals surface area contributed by atoms with Gasteiger partial charge in [0.15, 0.2) is 0 Å². The Kier molecular flexibility index (Phi) is 4.01. The molecular weight excluding hydrogens is 369 g/mol. The normalized spacial score (nSPS) is 20.5. The van der Waals surface area contributed by atoms with Gasteiger partial charge in [-0.25, -0.2) is 4.39 Å². The number of hydrogen-bond acceptors (Lipinski definition) is 2. The third kappa shape index (κ3) is 2.75. The second-order valence-electron chi connectivity index (χ2n) is 7.70. The van der Waals surface area contributed by atoms with Crippen LogP contribution in [0.15, 0.2) is 67.0 Å². The number of anilines is 1. The molecule has 1 aromatic heterocycles. The summed E-state index contributed by atoms with van der Waals surface area (Å²) in [5.41, 5.74) is 2.39. The van der Waals surface area contributed by atoms with Gasteiger partial charge in [0.1, 0.15) is 5.82 Å². The Bertz CT molecular complexity index is 1100. The highest BCUT2D eigenvalue weighted by Crippen LogP contribution is 2.47. The topological polar surface area (TPSA) is 56.4 Å². The highest BCUT2D eigenvalue weighted by Gasteiger charge is 2.55. The molecule has 1 unspecified atom stereocenters. The predicted molar refractivity (Wildman–Crippen MR) is 107 cm³/mol. The van der Waals surface area contributed by atoms with E-state index < -0.39 is 5.41 Å². The highest BCUT2D eigenvalue weighted by atomic mass is 19.1. The molecule has 1 spiro atoms. The van der Waals surface area contributed by atoms with E-state index in [0.717, 1.165) is 16.8 Å². The Balaban J connectivity index is 1.48. The molecule has 0 bridgehead atoms. The lowest BCUT2D eigenvalue weighted by Crippen LogP contribution is -2.43. The molecule has 3 aromatic rings. The molecule has 0 saturated carbocycles. The number of carbonyl (C=O) groups is 2. The summed E-state index contributed by atoms with van der Waals surface area (Å²) in [5, 5.41) is 0. The molecule has 1 fully saturated rings. The van der Waals surface area contributed by atoms with Crippen molar-refractivity contribution < 1.29 is 14.0 Å². The van der Waals surface area contributed by atoms with Crippen molar-refractivity contribution in [2.75, 3.05) is 18.0 Å². The maximum atomic E-state index is 13.7. The molecule has 1 atom stereocenters. The number of benzene rings is 2. The Morgan fingerprint density at radius 3 is 2.79 bits per heavy atom. The summed E-state index contributed by atoms with van der Waals surface area (Å²) in [7, 11) is 0. The van der Waals surface area contributed by atoms with Gasteiger partial charge in [-0.15, -0.1) is 0 Å². The molecule has 2 aliphatic rings. The van der Waals surface area contributed by atoms with Crippen molar-refractivity contribution in [3.63, 3.8) is 0 Å². The van der Waals surface area contributed by atoms with Gasteiger partial charge in [0.2, 0.25) is 5.91 Å². The van der Waals surface area contributed by atoms with Crippen LogP contribution in [0.2, 0.25) is 0 Å². The van der Waals surface area contributed by atoms with Gasteiger partial charge in [-0.1, -0.05) is 30.3 Å². The highest BCUT2D eigenvalue weighted by molar-refractivity contribution is 6.09. The van der Waals surface area contributed by atoms with Crippen molar-refractivity contribution in [2.45, 2.75) is 18.4 Å². The maximum absolute atomic E-state index is 13.7. The first kappa shape index (κ1) is 17.7. The summed E-state index contributed by atoms with van der Waals surface area (Å²) in [6.07, 6.45) is 3.97. The van der Waals surface area contributed by atoms with Gasteiger partial charge in [0.25, 0.3) is 5.91 Å². The monoisotopic (exact) mass is 389 g/mol. The Hall–Kier alpha value is -3.41. The van der Waals surface area contributed by atoms with Crippen molar-refractivity contribution in [1.29, 1.82) is 0 Å². The standard InChI is InChI=1S/C23H20FN3O2/c24-18-5-3-4-16(12-18)14-27-20-7-2-1-6-19(20)23(22(27)29)9-11-26(15-23)21(28)17-8-10-25-13-17/h1-8,10,12-13,25H,9,11,14-15H2. The third-order valence-corrected chi connectivity index (χ3v) is 6.00. The molecule has 2 amide bonds. The number of amides is 2. The van der Waals surface area contributed by atoms with Crippen LogP contribution in [0.25, 0.3) is 0 Å². The lowest BCUT2D eigenvalue weighted by Gasteiger charge is -2.24. The fourth-order valence-electron chi connectivity index (χ4n) is 4.59. The molecule has 2 aromatic carbocycles. The van der Waals surface area contributed by atoms with Crippen molar-refractivity contribution >= 4 is 17.5 Å². The van der Waals surface area contributed by atoms with Crippen LogP contribution in [0, 0.1) is 5.82 Å². The molecule has 2 aliphatic heterocycles. The minimum atomic E-state index is -0.740. The average molecular weight is 389 g/mol. The van der Waals surface area contributed by atoms with Gasteiger partial charge >= 0.3 is 0 Å². The molecule has 6 heteroatoms. The lowest BCUT2D eigenvalue weighted by atomic mass is 9.81. The van der Waals surface area contributed by atoms with Crippen LogP contribution >= 0.6 is 0 Å². The third-order valence-electron chi connectivity index (χ3n) is 6.00. The molecule has 3 heterocycles. The first-order chi connectivity index (χ1) is 14.1. The second-order valence-corrected chi connectivity index (χ2v) is 7.70. The summed E-state index contributed by atoms with van der Waals surface area (Å²) in [5.74, 6) is -0.411. The number of fused-ring (bicyclic) bond motifs is 2. The second kappa shape index (κ2) is 6.58. The Morgan fingerprint density at radius 1 is 1.14 bits per heavy atom. The number of nitrogens with zero attached hydrogens (tertiary/aromatic N) is 2. The molecule has 146 valence electrons. The quantitative estimate of drug-likeness (QED) is 0.746. The zero-order valence-electron chi connectivity index (χ0n) is 15.8. The van der Waals surface area contributed by atoms with Gasteiger partial charge in [0.05, 0.1) is 17.5 Å². The summed E-state index contributed by atoms with van der Waals surface area (Å²) in [4.78, 5) is 32.8. The number of H-pyrrole nitrogens is 1. The number of para-hydroxylation sites is 1. The fraction of sp³-hybridized carbons (Fsp3) is 0.217. The largest absolute Gasteiger partial charge is 0.367 e. The van der Waals surface area contributed by atoms with Gasteiger partial charge in [0, 0.05) is 31.2 Å². The van der Waals surface area contributed by atoms with Gasteiger partial charge < -0.3 is 14.8 Å². The SMILES string of the molecule is O=C(c1cc[nH]c1)N1CCC2(C1)C(=O)N(Cc1cccc(F)c1)c1ccccc12. The van der Waals surface area contributed by atoms with Crippen LogP contribution in [-0.4, -0.2) is 34.8 Å². The summed E-state index contributed by atoms with van der Waals surface area (Å²) in [6, 6.07) is 15.8. The van der Waals surface area contributed by atoms with Crippen LogP contribution in [0.1, 0.15) is 27.9 Å². The van der Waals surface area contributed by atoms with E-state index >= 15 is 0 Å². The van der Waals surface area contributed by atoms with Crippen LogP contribution in [0.3, 0.4) is 0 Å². The predicted octanol–water partition coefficient (Wildman–Crippen LogP) is 3.48. The lowest BCUT2D eigenvalue weighted by molar-refractivity contribution is -0.122. The molecule has 1 saturated heterocycles. The van der Waals surface area contributed by atoms with Crippen LogP contribution < -0.4 is 4.90 Å². The van der Waals surface area contributed by atoms with Crippen LogP contribution in [0.5, 0.6) is 0 Å². The van der Waals surface area contributed by atoms with Crippen molar-refractivity contribution in [3.8, 4) is 0 Å². The summed E-state index contributed by atoms with van der Waals surface area (Å²) >= 11 is 0. The molecule has 1 N–H and O–H groups in total. The number of carbonyl (C=O) groups excluding carboxylic acids is 2. The van der Waals surface area contributed by atoms with Gasteiger partial charge in [-0.2, -0.15) is 0 Å². The molecule has 0 radical (unpaired) electrons. The van der Waals surface area contributed by atoms with E-state index in [1.54, 1.807) is 34.3 Å². The molecule has 0 aliphatic carbocycles. The van der Waals surface area contributed by atoms with E-state index in [0.29, 0.717) is 31.6 Å². The van der Waals surface area contributed by atoms with Crippen molar-refractivity contribution in [1.82, 2.24) is 9.88 Å². The van der Waals surface area contributed by atoms with Crippen molar-refractivity contribution in [2.24, 2.45) is 0 Å². The first-order valence-corrected chi connectivity index (χ1v) is 9.66. The zero-order chi connectivity index (χ0) is 20.0. The van der Waals surface area contributed by atoms with E-state index in [4.69, 9.17) is 0 Å². The first-order valence-electron chi connectivity index (χ1n) is 9.66. The molecule has 5 nitrogen and oxygen atoms in total. The van der Waals surface area contributed by atoms with Crippen LogP contribution in [0.4, 0.5) is 10.1 Å². The van der Waals surface area contributed by atoms with E-state index in [1.165, 1.54) is 12.1 Å². The maximum Gasteiger partial charge on any atom is 0.255 e. The zero-order valence-corrected chi connectivity index (χ0v) is 15.8. The summed E-state index contributed by atoms with van der Waals surface area (Å²) in [6.45, 7) is 1.19. The van der Waals surface area contributed by atoms with Gasteiger partial charge in [-0.3, -0.25) is 9.59 Å². The summed E-state index contributed by atoms with van der Waals surface area (Å²) < 4.78 is 13.7. The minimum Gasteiger partial charge on any atom is -0.367 e. The fourth-order valence-corrected chi connectivity index (χ4v) is 4.59. The molecular formula is C23H20FN3O2. The van der Waals surface area contributed by atoms with E-state index in [1.807, 2.05) is 30.3 Å². The average Bonchev–Trinajstić information content (AvgIpc) is 3.45. The molecule has 5 rings (SSSR count). The number of hydrogen-bond donors (Lipinski definition) is 1. The van der Waals surface area contributed by atoms with E-state index in [9.17, 15) is 14.0 Å². The number of nitrogens with one attached hydrogen (secondary N) is 1. The van der Waals surface area contributed by atoms with E-state index in [2.05, 4.69) is 4.98 Å². The Labute approximate surface area is 167 Å². The number of rotatable bonds is 3. The number of halogens is 1. The number of aromatic amines is 1.